The molecule has 2 aliphatic heterocycles. The molecule has 19 nitrogen and oxygen atoms in total. The Kier molecular flexibility index (Phi) is 8.92. The van der Waals surface area contributed by atoms with Crippen molar-refractivity contribution in [2.45, 2.75) is 61.2 Å². The SMILES string of the molecule is O=c1[nH]c(=O)n(C2OC(C(OP(=O)(O)OP(=O)(O)O)C3OC(CO)C(O)C(O)C3O)C(O)C2O)cc1F. The highest BCUT2D eigenvalue weighted by Crippen LogP contribution is 2.59. The molecule has 1 aromatic heterocycles. The lowest BCUT2D eigenvalue weighted by Crippen LogP contribution is -2.64. The maximum atomic E-state index is 13.8. The van der Waals surface area contributed by atoms with Crippen LogP contribution < -0.4 is 11.2 Å². The highest BCUT2D eigenvalue weighted by atomic mass is 31.3. The first kappa shape index (κ1) is 30.1. The third-order valence-electron chi connectivity index (χ3n) is 5.51. The molecular formula is C15H23FN2O17P2. The average Bonchev–Trinajstić information content (AvgIpc) is 3.06. The number of aliphatic hydroxyl groups excluding tert-OH is 6. The van der Waals surface area contributed by atoms with Crippen LogP contribution in [0, 0.1) is 5.82 Å². The fourth-order valence-electron chi connectivity index (χ4n) is 3.85. The summed E-state index contributed by atoms with van der Waals surface area (Å²) in [4.78, 5) is 52.6. The minimum atomic E-state index is -5.85. The molecule has 1 aromatic rings. The second-order valence-corrected chi connectivity index (χ2v) is 10.8. The van der Waals surface area contributed by atoms with Crippen molar-refractivity contribution in [1.29, 1.82) is 0 Å². The zero-order valence-corrected chi connectivity index (χ0v) is 19.9. The van der Waals surface area contributed by atoms with Crippen molar-refractivity contribution < 1.29 is 77.1 Å². The van der Waals surface area contributed by atoms with Crippen molar-refractivity contribution in [3.8, 4) is 0 Å². The lowest BCUT2D eigenvalue weighted by atomic mass is 9.89. The normalized spacial score (nSPS) is 37.3. The Morgan fingerprint density at radius 3 is 2.11 bits per heavy atom. The molecule has 2 fully saturated rings. The molecule has 2 aliphatic rings. The number of nitrogens with one attached hydrogen (secondary N) is 1. The van der Waals surface area contributed by atoms with E-state index in [1.807, 2.05) is 0 Å². The zero-order chi connectivity index (χ0) is 28.0. The number of hydrogen-bond donors (Lipinski definition) is 10. The predicted molar refractivity (Wildman–Crippen MR) is 109 cm³/mol. The maximum absolute atomic E-state index is 13.8. The van der Waals surface area contributed by atoms with Gasteiger partial charge in [0.05, 0.1) is 12.8 Å². The summed E-state index contributed by atoms with van der Waals surface area (Å²) in [6, 6.07) is 0. The first-order valence-electron chi connectivity index (χ1n) is 10.1. The van der Waals surface area contributed by atoms with E-state index < -0.39 is 100 Å². The molecule has 11 unspecified atom stereocenters. The maximum Gasteiger partial charge on any atom is 0.481 e. The number of phosphoric acid groups is 2. The minimum absolute atomic E-state index is 0.277. The van der Waals surface area contributed by atoms with Gasteiger partial charge in [-0.3, -0.25) is 18.9 Å². The van der Waals surface area contributed by atoms with Gasteiger partial charge in [-0.1, -0.05) is 0 Å². The summed E-state index contributed by atoms with van der Waals surface area (Å²) in [6.45, 7) is -1.00. The van der Waals surface area contributed by atoms with Gasteiger partial charge in [0.1, 0.15) is 54.9 Å². The summed E-state index contributed by atoms with van der Waals surface area (Å²) in [5.41, 5.74) is -2.78. The molecule has 0 radical (unpaired) electrons. The van der Waals surface area contributed by atoms with Crippen LogP contribution in [0.3, 0.4) is 0 Å². The number of rotatable bonds is 8. The molecule has 0 aromatic carbocycles. The van der Waals surface area contributed by atoms with Gasteiger partial charge in [-0.2, -0.15) is 8.70 Å². The topological polar surface area (TPSA) is 308 Å². The summed E-state index contributed by atoms with van der Waals surface area (Å²) in [7, 11) is -11.6. The fourth-order valence-corrected chi connectivity index (χ4v) is 5.63. The van der Waals surface area contributed by atoms with E-state index in [9.17, 15) is 58.6 Å². The Morgan fingerprint density at radius 2 is 1.54 bits per heavy atom. The van der Waals surface area contributed by atoms with Crippen molar-refractivity contribution in [2.75, 3.05) is 6.61 Å². The van der Waals surface area contributed by atoms with Crippen LogP contribution in [-0.2, 0) is 27.4 Å². The molecular weight excluding hydrogens is 561 g/mol. The number of ether oxygens (including phenoxy) is 2. The van der Waals surface area contributed by atoms with Crippen LogP contribution in [0.15, 0.2) is 15.8 Å². The predicted octanol–water partition coefficient (Wildman–Crippen LogP) is -5.27. The molecule has 0 amide bonds. The number of nitrogens with zero attached hydrogens (tertiary/aromatic N) is 1. The van der Waals surface area contributed by atoms with Crippen molar-refractivity contribution in [1.82, 2.24) is 9.55 Å². The summed E-state index contributed by atoms with van der Waals surface area (Å²) < 4.78 is 56.3. The van der Waals surface area contributed by atoms with E-state index in [-0.39, 0.29) is 4.57 Å². The first-order chi connectivity index (χ1) is 17.0. The molecule has 212 valence electrons. The summed E-state index contributed by atoms with van der Waals surface area (Å²) in [6.07, 6.45) is -20.9. The number of H-pyrrole nitrogens is 1. The number of aromatic nitrogens is 2. The van der Waals surface area contributed by atoms with E-state index in [4.69, 9.17) is 19.3 Å². The number of aliphatic hydroxyl groups is 6. The second-order valence-electron chi connectivity index (χ2n) is 8.02. The van der Waals surface area contributed by atoms with Gasteiger partial charge in [0, 0.05) is 0 Å². The van der Waals surface area contributed by atoms with Crippen LogP contribution >= 0.6 is 15.6 Å². The molecule has 10 N–H and O–H groups in total. The number of halogens is 1. The smallest absolute Gasteiger partial charge is 0.394 e. The van der Waals surface area contributed by atoms with E-state index in [0.717, 1.165) is 0 Å². The quantitative estimate of drug-likeness (QED) is 0.128. The van der Waals surface area contributed by atoms with E-state index >= 15 is 0 Å². The van der Waals surface area contributed by atoms with E-state index in [2.05, 4.69) is 8.83 Å². The molecule has 0 spiro atoms. The average molecular weight is 584 g/mol. The molecule has 37 heavy (non-hydrogen) atoms. The molecule has 0 saturated carbocycles. The van der Waals surface area contributed by atoms with Crippen LogP contribution in [0.4, 0.5) is 4.39 Å². The molecule has 3 heterocycles. The molecule has 2 saturated heterocycles. The highest BCUT2D eigenvalue weighted by Gasteiger charge is 2.57. The van der Waals surface area contributed by atoms with Crippen LogP contribution in [0.1, 0.15) is 6.23 Å². The van der Waals surface area contributed by atoms with Gasteiger partial charge in [-0.15, -0.1) is 0 Å². The Balaban J connectivity index is 2.04. The molecule has 22 heteroatoms. The standard InChI is InChI=1S/C15H23FN2O17P2/c16-3-1-18(15(26)17-13(3)25)14-9(24)8(23)11(33-14)12(34-37(30,31)35-36(27,28)29)10-7(22)6(21)5(20)4(2-19)32-10/h1,4-12,14,19-24H,2H2,(H,30,31)(H,17,25,26)(H2,27,28,29). The van der Waals surface area contributed by atoms with Gasteiger partial charge >= 0.3 is 21.3 Å². The van der Waals surface area contributed by atoms with Gasteiger partial charge < -0.3 is 54.8 Å². The molecule has 0 aliphatic carbocycles. The van der Waals surface area contributed by atoms with Gasteiger partial charge in [0.15, 0.2) is 6.23 Å². The van der Waals surface area contributed by atoms with E-state index in [1.54, 1.807) is 4.98 Å². The summed E-state index contributed by atoms with van der Waals surface area (Å²) >= 11 is 0. The third-order valence-corrected chi connectivity index (χ3v) is 7.70. The largest absolute Gasteiger partial charge is 0.481 e. The van der Waals surface area contributed by atoms with E-state index in [0.29, 0.717) is 6.20 Å². The third kappa shape index (κ3) is 6.41. The molecule has 11 atom stereocenters. The Labute approximate surface area is 203 Å². The number of hydrogen-bond acceptors (Lipinski definition) is 14. The highest BCUT2D eigenvalue weighted by molar-refractivity contribution is 7.60. The minimum Gasteiger partial charge on any atom is -0.394 e. The zero-order valence-electron chi connectivity index (χ0n) is 18.1. The Hall–Kier alpha value is -1.45. The number of phosphoric ester groups is 1. The molecule has 0 bridgehead atoms. The lowest BCUT2D eigenvalue weighted by molar-refractivity contribution is -0.260. The van der Waals surface area contributed by atoms with E-state index in [1.165, 1.54) is 0 Å². The van der Waals surface area contributed by atoms with Gasteiger partial charge in [0.2, 0.25) is 5.82 Å². The monoisotopic (exact) mass is 584 g/mol. The summed E-state index contributed by atoms with van der Waals surface area (Å²) in [5, 5.41) is 60.9. The second kappa shape index (κ2) is 11.0. The van der Waals surface area contributed by atoms with Gasteiger partial charge in [-0.25, -0.2) is 13.9 Å². The van der Waals surface area contributed by atoms with Crippen LogP contribution in [0.2, 0.25) is 0 Å². The van der Waals surface area contributed by atoms with Crippen LogP contribution in [0.5, 0.6) is 0 Å². The lowest BCUT2D eigenvalue weighted by Gasteiger charge is -2.44. The fraction of sp³-hybridized carbons (Fsp3) is 0.733. The summed E-state index contributed by atoms with van der Waals surface area (Å²) in [5.74, 6) is -1.52. The van der Waals surface area contributed by atoms with Crippen LogP contribution in [-0.4, -0.2) is 116 Å². The molecule has 3 rings (SSSR count). The van der Waals surface area contributed by atoms with Crippen molar-refractivity contribution in [3.05, 3.63) is 32.9 Å². The van der Waals surface area contributed by atoms with Crippen molar-refractivity contribution in [2.24, 2.45) is 0 Å². The van der Waals surface area contributed by atoms with Crippen LogP contribution in [0.25, 0.3) is 0 Å². The Morgan fingerprint density at radius 1 is 0.973 bits per heavy atom. The number of aromatic amines is 1. The van der Waals surface area contributed by atoms with Crippen molar-refractivity contribution >= 4 is 15.6 Å². The Bertz CT molecular complexity index is 1190. The first-order valence-corrected chi connectivity index (χ1v) is 13.1. The van der Waals surface area contributed by atoms with Crippen molar-refractivity contribution in [3.63, 3.8) is 0 Å². The van der Waals surface area contributed by atoms with Gasteiger partial charge in [0.25, 0.3) is 5.56 Å². The van der Waals surface area contributed by atoms with Gasteiger partial charge in [-0.05, 0) is 0 Å².